The number of rotatable bonds is 4. The van der Waals surface area contributed by atoms with Crippen molar-refractivity contribution >= 4 is 0 Å². The molecule has 0 aromatic carbocycles. The van der Waals surface area contributed by atoms with Gasteiger partial charge in [0.05, 0.1) is 12.7 Å². The third kappa shape index (κ3) is 3.69. The predicted octanol–water partition coefficient (Wildman–Crippen LogP) is 2.26. The van der Waals surface area contributed by atoms with Crippen molar-refractivity contribution in [2.45, 2.75) is 64.6 Å². The van der Waals surface area contributed by atoms with Crippen molar-refractivity contribution in [3.8, 4) is 0 Å². The van der Waals surface area contributed by atoms with Crippen molar-refractivity contribution < 1.29 is 4.74 Å². The van der Waals surface area contributed by atoms with Crippen molar-refractivity contribution in [3.63, 3.8) is 0 Å². The lowest BCUT2D eigenvalue weighted by Gasteiger charge is -2.45. The van der Waals surface area contributed by atoms with Crippen molar-refractivity contribution in [1.82, 2.24) is 10.2 Å². The Labute approximate surface area is 112 Å². The van der Waals surface area contributed by atoms with Crippen LogP contribution in [0.25, 0.3) is 0 Å². The van der Waals surface area contributed by atoms with Crippen molar-refractivity contribution in [2.75, 3.05) is 26.2 Å². The third-order valence-electron chi connectivity index (χ3n) is 4.48. The van der Waals surface area contributed by atoms with Gasteiger partial charge >= 0.3 is 0 Å². The second kappa shape index (κ2) is 6.88. The minimum absolute atomic E-state index is 0.405. The van der Waals surface area contributed by atoms with Gasteiger partial charge in [0, 0.05) is 25.2 Å². The van der Waals surface area contributed by atoms with Crippen LogP contribution in [0.5, 0.6) is 0 Å². The zero-order valence-corrected chi connectivity index (χ0v) is 12.3. The van der Waals surface area contributed by atoms with Gasteiger partial charge in [-0.15, -0.1) is 0 Å². The van der Waals surface area contributed by atoms with E-state index in [1.54, 1.807) is 0 Å². The van der Waals surface area contributed by atoms with Gasteiger partial charge in [0.1, 0.15) is 0 Å². The van der Waals surface area contributed by atoms with E-state index in [-0.39, 0.29) is 0 Å². The molecular weight excluding hydrogens is 224 g/mol. The molecule has 106 valence electrons. The van der Waals surface area contributed by atoms with Crippen LogP contribution in [0.1, 0.15) is 46.5 Å². The van der Waals surface area contributed by atoms with Crippen LogP contribution < -0.4 is 5.32 Å². The van der Waals surface area contributed by atoms with E-state index in [1.807, 2.05) is 0 Å². The molecule has 1 aliphatic carbocycles. The van der Waals surface area contributed by atoms with E-state index in [2.05, 4.69) is 31.0 Å². The van der Waals surface area contributed by atoms with E-state index in [1.165, 1.54) is 25.7 Å². The highest BCUT2D eigenvalue weighted by Crippen LogP contribution is 2.29. The molecule has 18 heavy (non-hydrogen) atoms. The van der Waals surface area contributed by atoms with Gasteiger partial charge in [0.25, 0.3) is 0 Å². The Morgan fingerprint density at radius 3 is 2.83 bits per heavy atom. The molecule has 0 spiro atoms. The van der Waals surface area contributed by atoms with Gasteiger partial charge < -0.3 is 10.1 Å². The fourth-order valence-electron chi connectivity index (χ4n) is 3.47. The molecule has 0 radical (unpaired) electrons. The Balaban J connectivity index is 1.95. The van der Waals surface area contributed by atoms with Crippen LogP contribution in [0, 0.1) is 5.92 Å². The number of hydrogen-bond acceptors (Lipinski definition) is 3. The molecule has 1 N–H and O–H groups in total. The largest absolute Gasteiger partial charge is 0.376 e. The summed E-state index contributed by atoms with van der Waals surface area (Å²) in [6, 6.07) is 1.43. The molecule has 1 saturated heterocycles. The van der Waals surface area contributed by atoms with Gasteiger partial charge in [-0.05, 0) is 45.1 Å². The molecule has 4 unspecified atom stereocenters. The smallest absolute Gasteiger partial charge is 0.0674 e. The van der Waals surface area contributed by atoms with Gasteiger partial charge in [0.15, 0.2) is 0 Å². The summed E-state index contributed by atoms with van der Waals surface area (Å²) in [6.07, 6.45) is 5.73. The minimum atomic E-state index is 0.405. The molecule has 3 heteroatoms. The topological polar surface area (TPSA) is 24.5 Å². The monoisotopic (exact) mass is 254 g/mol. The van der Waals surface area contributed by atoms with E-state index in [0.29, 0.717) is 12.1 Å². The van der Waals surface area contributed by atoms with E-state index >= 15 is 0 Å². The van der Waals surface area contributed by atoms with E-state index in [9.17, 15) is 0 Å². The highest BCUT2D eigenvalue weighted by molar-refractivity contribution is 4.91. The molecule has 1 aliphatic heterocycles. The highest BCUT2D eigenvalue weighted by atomic mass is 16.5. The first-order valence-electron chi connectivity index (χ1n) is 7.79. The highest BCUT2D eigenvalue weighted by Gasteiger charge is 2.34. The van der Waals surface area contributed by atoms with E-state index < -0.39 is 0 Å². The maximum absolute atomic E-state index is 5.68. The Bertz CT molecular complexity index is 245. The molecule has 0 amide bonds. The molecule has 0 bridgehead atoms. The van der Waals surface area contributed by atoms with Crippen molar-refractivity contribution in [3.05, 3.63) is 0 Å². The van der Waals surface area contributed by atoms with Crippen LogP contribution in [0.15, 0.2) is 0 Å². The molecule has 2 rings (SSSR count). The van der Waals surface area contributed by atoms with Crippen molar-refractivity contribution in [2.24, 2.45) is 5.92 Å². The summed E-state index contributed by atoms with van der Waals surface area (Å²) in [5.41, 5.74) is 0. The first-order valence-corrected chi connectivity index (χ1v) is 7.79. The van der Waals surface area contributed by atoms with Crippen LogP contribution in [-0.2, 0) is 4.74 Å². The minimum Gasteiger partial charge on any atom is -0.376 e. The lowest BCUT2D eigenvalue weighted by Crippen LogP contribution is -2.57. The van der Waals surface area contributed by atoms with Crippen LogP contribution in [0.4, 0.5) is 0 Å². The summed E-state index contributed by atoms with van der Waals surface area (Å²) >= 11 is 0. The molecule has 0 aromatic heterocycles. The Morgan fingerprint density at radius 1 is 1.28 bits per heavy atom. The molecule has 0 aromatic rings. The maximum atomic E-state index is 5.68. The fraction of sp³-hybridized carbons (Fsp3) is 1.00. The van der Waals surface area contributed by atoms with Crippen LogP contribution in [0.3, 0.4) is 0 Å². The normalized spacial score (nSPS) is 38.8. The molecule has 2 fully saturated rings. The first kappa shape index (κ1) is 14.3. The number of morpholine rings is 1. The molecule has 3 nitrogen and oxygen atoms in total. The summed E-state index contributed by atoms with van der Waals surface area (Å²) in [4.78, 5) is 2.68. The number of hydrogen-bond donors (Lipinski definition) is 1. The average molecular weight is 254 g/mol. The maximum Gasteiger partial charge on any atom is 0.0674 e. The Hall–Kier alpha value is -0.120. The molecule has 1 saturated carbocycles. The zero-order chi connectivity index (χ0) is 13.0. The second-order valence-corrected chi connectivity index (χ2v) is 6.22. The number of ether oxygens (including phenoxy) is 1. The number of nitrogens with one attached hydrogen (secondary N) is 1. The standard InChI is InChI=1S/C15H30N2O/c1-4-7-16-14-6-5-12(2)10-15(14)17-8-9-18-13(3)11-17/h12-16H,4-11H2,1-3H3. The first-order chi connectivity index (χ1) is 8.70. The van der Waals surface area contributed by atoms with Crippen LogP contribution in [-0.4, -0.2) is 49.3 Å². The fourth-order valence-corrected chi connectivity index (χ4v) is 3.47. The molecular formula is C15H30N2O. The second-order valence-electron chi connectivity index (χ2n) is 6.22. The summed E-state index contributed by atoms with van der Waals surface area (Å²) in [5.74, 6) is 0.882. The summed E-state index contributed by atoms with van der Waals surface area (Å²) in [7, 11) is 0. The lowest BCUT2D eigenvalue weighted by atomic mass is 9.82. The van der Waals surface area contributed by atoms with Crippen molar-refractivity contribution in [1.29, 1.82) is 0 Å². The summed E-state index contributed by atoms with van der Waals surface area (Å²) in [6.45, 7) is 11.2. The van der Waals surface area contributed by atoms with Gasteiger partial charge in [0.2, 0.25) is 0 Å². The summed E-state index contributed by atoms with van der Waals surface area (Å²) in [5, 5.41) is 3.77. The van der Waals surface area contributed by atoms with Gasteiger partial charge in [-0.2, -0.15) is 0 Å². The summed E-state index contributed by atoms with van der Waals surface area (Å²) < 4.78 is 5.68. The predicted molar refractivity (Wildman–Crippen MR) is 75.9 cm³/mol. The van der Waals surface area contributed by atoms with Gasteiger partial charge in [-0.1, -0.05) is 13.8 Å². The SMILES string of the molecule is CCCNC1CCC(C)CC1N1CCOC(C)C1. The molecule has 1 heterocycles. The molecule has 4 atom stereocenters. The van der Waals surface area contributed by atoms with Gasteiger partial charge in [-0.3, -0.25) is 4.90 Å². The molecule has 2 aliphatic rings. The van der Waals surface area contributed by atoms with E-state index in [4.69, 9.17) is 4.74 Å². The zero-order valence-electron chi connectivity index (χ0n) is 12.3. The number of nitrogens with zero attached hydrogens (tertiary/aromatic N) is 1. The van der Waals surface area contributed by atoms with Crippen LogP contribution >= 0.6 is 0 Å². The third-order valence-corrected chi connectivity index (χ3v) is 4.48. The quantitative estimate of drug-likeness (QED) is 0.833. The van der Waals surface area contributed by atoms with Crippen LogP contribution in [0.2, 0.25) is 0 Å². The average Bonchev–Trinajstić information content (AvgIpc) is 2.37. The lowest BCUT2D eigenvalue weighted by molar-refractivity contribution is -0.0483. The van der Waals surface area contributed by atoms with Gasteiger partial charge in [-0.25, -0.2) is 0 Å². The Morgan fingerprint density at radius 2 is 2.11 bits per heavy atom. The van der Waals surface area contributed by atoms with E-state index in [0.717, 1.165) is 38.2 Å². The Kier molecular flexibility index (Phi) is 5.46.